The van der Waals surface area contributed by atoms with Gasteiger partial charge in [-0.3, -0.25) is 14.7 Å². The number of aromatic nitrogens is 1. The van der Waals surface area contributed by atoms with E-state index in [1.54, 1.807) is 18.5 Å². The van der Waals surface area contributed by atoms with Gasteiger partial charge in [0, 0.05) is 9.77 Å². The van der Waals surface area contributed by atoms with Crippen molar-refractivity contribution in [2.24, 2.45) is 0 Å². The zero-order chi connectivity index (χ0) is 14.8. The van der Waals surface area contributed by atoms with E-state index < -0.39 is 0 Å². The van der Waals surface area contributed by atoms with Crippen LogP contribution in [0.15, 0.2) is 53.7 Å². The maximum Gasteiger partial charge on any atom is 0.270 e. The highest BCUT2D eigenvalue weighted by Crippen LogP contribution is 2.36. The van der Waals surface area contributed by atoms with Gasteiger partial charge in [0.25, 0.3) is 5.91 Å². The van der Waals surface area contributed by atoms with Gasteiger partial charge in [-0.15, -0.1) is 0 Å². The van der Waals surface area contributed by atoms with Gasteiger partial charge in [0.1, 0.15) is 0 Å². The van der Waals surface area contributed by atoms with Gasteiger partial charge in [0.05, 0.1) is 16.8 Å². The first-order valence-electron chi connectivity index (χ1n) is 6.09. The number of hydrogen-bond acceptors (Lipinski definition) is 4. The van der Waals surface area contributed by atoms with E-state index in [1.165, 1.54) is 16.7 Å². The molecule has 6 heteroatoms. The zero-order valence-corrected chi connectivity index (χ0v) is 14.5. The highest BCUT2D eigenvalue weighted by molar-refractivity contribution is 14.1. The van der Waals surface area contributed by atoms with E-state index in [4.69, 9.17) is 12.2 Å². The van der Waals surface area contributed by atoms with Crippen LogP contribution in [0.2, 0.25) is 0 Å². The van der Waals surface area contributed by atoms with Crippen molar-refractivity contribution in [1.29, 1.82) is 0 Å². The van der Waals surface area contributed by atoms with Crippen LogP contribution in [0.4, 0.5) is 5.69 Å². The number of pyridine rings is 1. The number of carbonyl (C=O) groups is 1. The highest BCUT2D eigenvalue weighted by Gasteiger charge is 2.33. The zero-order valence-electron chi connectivity index (χ0n) is 10.7. The Bertz CT molecular complexity index is 746. The Morgan fingerprint density at radius 3 is 2.76 bits per heavy atom. The molecule has 0 unspecified atom stereocenters. The minimum absolute atomic E-state index is 0.0994. The molecule has 104 valence electrons. The number of halogens is 1. The van der Waals surface area contributed by atoms with Crippen LogP contribution < -0.4 is 4.90 Å². The quantitative estimate of drug-likeness (QED) is 0.413. The Kier molecular flexibility index (Phi) is 4.37. The van der Waals surface area contributed by atoms with Gasteiger partial charge in [-0.05, 0) is 52.4 Å². The van der Waals surface area contributed by atoms with Gasteiger partial charge in [-0.2, -0.15) is 0 Å². The van der Waals surface area contributed by atoms with E-state index in [9.17, 15) is 4.79 Å². The van der Waals surface area contributed by atoms with Crippen molar-refractivity contribution < 1.29 is 4.79 Å². The number of thiocarbonyl (C=S) groups is 1. The predicted molar refractivity (Wildman–Crippen MR) is 99.0 cm³/mol. The number of benzene rings is 1. The summed E-state index contributed by atoms with van der Waals surface area (Å²) >= 11 is 8.90. The van der Waals surface area contributed by atoms with Gasteiger partial charge >= 0.3 is 0 Å². The molecule has 3 rings (SSSR count). The van der Waals surface area contributed by atoms with Crippen molar-refractivity contribution in [1.82, 2.24) is 4.98 Å². The van der Waals surface area contributed by atoms with Crippen LogP contribution in [-0.2, 0) is 4.79 Å². The second-order valence-corrected chi connectivity index (χ2v) is 7.09. The lowest BCUT2D eigenvalue weighted by Gasteiger charge is -2.13. The van der Waals surface area contributed by atoms with Gasteiger partial charge < -0.3 is 0 Å². The van der Waals surface area contributed by atoms with Crippen LogP contribution in [0, 0.1) is 3.57 Å². The first-order chi connectivity index (χ1) is 10.2. The third-order valence-electron chi connectivity index (χ3n) is 2.89. The number of hydrogen-bond donors (Lipinski definition) is 0. The molecule has 1 aliphatic rings. The van der Waals surface area contributed by atoms with Crippen molar-refractivity contribution in [3.8, 4) is 0 Å². The lowest BCUT2D eigenvalue weighted by Crippen LogP contribution is -2.27. The molecule has 3 nitrogen and oxygen atoms in total. The molecule has 1 amide bonds. The molecule has 0 saturated carbocycles. The maximum atomic E-state index is 12.6. The molecule has 1 aromatic heterocycles. The third kappa shape index (κ3) is 3.02. The molecule has 0 N–H and O–H groups in total. The molecule has 0 radical (unpaired) electrons. The fourth-order valence-corrected chi connectivity index (χ4v) is 3.74. The Balaban J connectivity index is 1.96. The number of anilines is 1. The smallest absolute Gasteiger partial charge is 0.268 e. The summed E-state index contributed by atoms with van der Waals surface area (Å²) in [4.78, 5) is 18.7. The summed E-state index contributed by atoms with van der Waals surface area (Å²) in [5, 5.41) is 0. The fourth-order valence-electron chi connectivity index (χ4n) is 1.91. The highest BCUT2D eigenvalue weighted by atomic mass is 127. The van der Waals surface area contributed by atoms with Gasteiger partial charge in [-0.25, -0.2) is 0 Å². The Hall–Kier alpha value is -1.25. The molecule has 1 fully saturated rings. The summed E-state index contributed by atoms with van der Waals surface area (Å²) in [5.74, 6) is -0.0994. The summed E-state index contributed by atoms with van der Waals surface area (Å²) in [5.41, 5.74) is 1.72. The molecular formula is C15H9IN2OS2. The third-order valence-corrected chi connectivity index (χ3v) is 5.17. The first-order valence-corrected chi connectivity index (χ1v) is 8.39. The molecule has 0 aliphatic carbocycles. The average Bonchev–Trinajstić information content (AvgIpc) is 2.77. The average molecular weight is 424 g/mol. The summed E-state index contributed by atoms with van der Waals surface area (Å²) in [7, 11) is 0. The summed E-state index contributed by atoms with van der Waals surface area (Å²) < 4.78 is 1.63. The number of rotatable bonds is 2. The number of nitrogens with zero attached hydrogens (tertiary/aromatic N) is 2. The predicted octanol–water partition coefficient (Wildman–Crippen LogP) is 4.09. The minimum Gasteiger partial charge on any atom is -0.268 e. The Morgan fingerprint density at radius 2 is 2.05 bits per heavy atom. The molecule has 0 spiro atoms. The SMILES string of the molecule is O=C1/C(=C/c2ccccc2I)SC(=S)N1c1cccnc1. The number of amides is 1. The second-order valence-electron chi connectivity index (χ2n) is 4.25. The van der Waals surface area contributed by atoms with E-state index in [1.807, 2.05) is 36.4 Å². The summed E-state index contributed by atoms with van der Waals surface area (Å²) in [6, 6.07) is 11.5. The van der Waals surface area contributed by atoms with E-state index in [-0.39, 0.29) is 5.91 Å². The van der Waals surface area contributed by atoms with Crippen molar-refractivity contribution in [3.63, 3.8) is 0 Å². The number of carbonyl (C=O) groups excluding carboxylic acids is 1. The molecule has 1 aliphatic heterocycles. The molecule has 2 heterocycles. The molecule has 0 bridgehead atoms. The van der Waals surface area contributed by atoms with Crippen LogP contribution >= 0.6 is 46.6 Å². The minimum atomic E-state index is -0.0994. The lowest BCUT2D eigenvalue weighted by molar-refractivity contribution is -0.113. The molecule has 1 saturated heterocycles. The van der Waals surface area contributed by atoms with Crippen molar-refractivity contribution in [2.45, 2.75) is 0 Å². The second kappa shape index (κ2) is 6.25. The monoisotopic (exact) mass is 424 g/mol. The van der Waals surface area contributed by atoms with Crippen molar-refractivity contribution >= 4 is 68.6 Å². The molecule has 1 aromatic carbocycles. The standard InChI is InChI=1S/C15H9IN2OS2/c16-12-6-2-1-4-10(12)8-13-14(19)18(15(20)21-13)11-5-3-7-17-9-11/h1-9H/b13-8-. The van der Waals surface area contributed by atoms with Crippen molar-refractivity contribution in [2.75, 3.05) is 4.90 Å². The Morgan fingerprint density at radius 1 is 1.24 bits per heavy atom. The molecule has 21 heavy (non-hydrogen) atoms. The van der Waals surface area contributed by atoms with Gasteiger partial charge in [-0.1, -0.05) is 42.2 Å². The summed E-state index contributed by atoms with van der Waals surface area (Å²) in [6.45, 7) is 0. The van der Waals surface area contributed by atoms with Crippen LogP contribution in [0.25, 0.3) is 6.08 Å². The van der Waals surface area contributed by atoms with E-state index in [2.05, 4.69) is 27.6 Å². The van der Waals surface area contributed by atoms with E-state index >= 15 is 0 Å². The van der Waals surface area contributed by atoms with Crippen LogP contribution in [0.1, 0.15) is 5.56 Å². The largest absolute Gasteiger partial charge is 0.270 e. The van der Waals surface area contributed by atoms with Crippen LogP contribution in [0.3, 0.4) is 0 Å². The Labute approximate surface area is 145 Å². The van der Waals surface area contributed by atoms with E-state index in [0.717, 1.165) is 9.13 Å². The number of thioether (sulfide) groups is 1. The molecule has 2 aromatic rings. The first kappa shape index (κ1) is 14.7. The maximum absolute atomic E-state index is 12.6. The van der Waals surface area contributed by atoms with Crippen LogP contribution in [-0.4, -0.2) is 15.2 Å². The van der Waals surface area contributed by atoms with Crippen LogP contribution in [0.5, 0.6) is 0 Å². The van der Waals surface area contributed by atoms with Crippen molar-refractivity contribution in [3.05, 3.63) is 62.8 Å². The lowest BCUT2D eigenvalue weighted by atomic mass is 10.2. The van der Waals surface area contributed by atoms with Gasteiger partial charge in [0.2, 0.25) is 0 Å². The topological polar surface area (TPSA) is 33.2 Å². The van der Waals surface area contributed by atoms with E-state index in [0.29, 0.717) is 14.9 Å². The normalized spacial score (nSPS) is 16.8. The molecular weight excluding hydrogens is 415 g/mol. The summed E-state index contributed by atoms with van der Waals surface area (Å²) in [6.07, 6.45) is 5.20. The fraction of sp³-hybridized carbons (Fsp3) is 0. The molecule has 0 atom stereocenters. The van der Waals surface area contributed by atoms with Gasteiger partial charge in [0.15, 0.2) is 4.32 Å².